The summed E-state index contributed by atoms with van der Waals surface area (Å²) in [5.41, 5.74) is -0.0211. The first kappa shape index (κ1) is 11.5. The molecule has 0 radical (unpaired) electrons. The van der Waals surface area contributed by atoms with Crippen molar-refractivity contribution >= 4 is 0 Å². The van der Waals surface area contributed by atoms with Crippen LogP contribution in [0, 0.1) is 5.92 Å². The van der Waals surface area contributed by atoms with Gasteiger partial charge in [0.05, 0.1) is 12.2 Å². The molecule has 80 valence electrons. The van der Waals surface area contributed by atoms with Crippen LogP contribution in [0.15, 0.2) is 24.3 Å². The van der Waals surface area contributed by atoms with Crippen molar-refractivity contribution in [1.29, 1.82) is 0 Å². The largest absolute Gasteiger partial charge is 0.372 e. The van der Waals surface area contributed by atoms with Gasteiger partial charge in [0.2, 0.25) is 0 Å². The highest BCUT2D eigenvalue weighted by molar-refractivity contribution is 5.03. The van der Waals surface area contributed by atoms with Gasteiger partial charge in [0.25, 0.3) is 0 Å². The van der Waals surface area contributed by atoms with E-state index in [0.29, 0.717) is 5.92 Å². The molecule has 1 aliphatic rings. The van der Waals surface area contributed by atoms with Crippen molar-refractivity contribution in [2.24, 2.45) is 5.92 Å². The minimum Gasteiger partial charge on any atom is -0.372 e. The van der Waals surface area contributed by atoms with Crippen molar-refractivity contribution in [2.75, 3.05) is 6.61 Å². The second-order valence-corrected chi connectivity index (χ2v) is 4.87. The Kier molecular flexibility index (Phi) is 4.40. The lowest BCUT2D eigenvalue weighted by Gasteiger charge is -2.18. The molecule has 0 aromatic carbocycles. The maximum atomic E-state index is 5.61. The number of rotatable bonds is 3. The molecule has 0 N–H and O–H groups in total. The molecular formula is C13H22O. The van der Waals surface area contributed by atoms with Crippen molar-refractivity contribution in [3.8, 4) is 0 Å². The van der Waals surface area contributed by atoms with Crippen molar-refractivity contribution in [2.45, 2.75) is 45.6 Å². The molecule has 0 bridgehead atoms. The number of allylic oxidation sites excluding steroid dienone is 3. The van der Waals surface area contributed by atoms with E-state index in [1.807, 2.05) is 0 Å². The number of hydrogen-bond acceptors (Lipinski definition) is 1. The molecule has 0 spiro atoms. The molecule has 1 atom stereocenters. The molecule has 14 heavy (non-hydrogen) atoms. The molecule has 0 heterocycles. The van der Waals surface area contributed by atoms with E-state index in [1.54, 1.807) is 0 Å². The normalized spacial score (nSPS) is 23.2. The van der Waals surface area contributed by atoms with Crippen LogP contribution in [0.5, 0.6) is 0 Å². The summed E-state index contributed by atoms with van der Waals surface area (Å²) < 4.78 is 5.61. The smallest absolute Gasteiger partial charge is 0.0654 e. The molecule has 0 saturated heterocycles. The summed E-state index contributed by atoms with van der Waals surface area (Å²) in [7, 11) is 0. The van der Waals surface area contributed by atoms with Crippen LogP contribution in [0.3, 0.4) is 0 Å². The molecule has 0 aromatic rings. The lowest BCUT2D eigenvalue weighted by Crippen LogP contribution is -2.18. The summed E-state index contributed by atoms with van der Waals surface area (Å²) in [6.45, 7) is 6.98. The summed E-state index contributed by atoms with van der Waals surface area (Å²) in [5.74, 6) is 0.646. The van der Waals surface area contributed by atoms with Gasteiger partial charge in [0.1, 0.15) is 0 Å². The fraction of sp³-hybridized carbons (Fsp3) is 0.692. The van der Waals surface area contributed by atoms with E-state index < -0.39 is 0 Å². The Morgan fingerprint density at radius 2 is 2.21 bits per heavy atom. The Labute approximate surface area is 87.8 Å². The molecular weight excluding hydrogens is 172 g/mol. The third-order valence-corrected chi connectivity index (χ3v) is 2.29. The standard InChI is InChI=1S/C13H22O/c1-13(2,3)14-11-7-10-12-8-5-4-6-9-12/h5,7-8,10,12H,4,6,9,11H2,1-3H3/b10-7+. The molecule has 1 heteroatoms. The monoisotopic (exact) mass is 194 g/mol. The van der Waals surface area contributed by atoms with Crippen molar-refractivity contribution in [1.82, 2.24) is 0 Å². The predicted molar refractivity (Wildman–Crippen MR) is 61.3 cm³/mol. The SMILES string of the molecule is CC(C)(C)OC/C=C/C1C=CCCC1. The van der Waals surface area contributed by atoms with Gasteiger partial charge >= 0.3 is 0 Å². The molecule has 1 unspecified atom stereocenters. The molecule has 0 fully saturated rings. The maximum Gasteiger partial charge on any atom is 0.0654 e. The van der Waals surface area contributed by atoms with E-state index in [9.17, 15) is 0 Å². The first-order valence-corrected chi connectivity index (χ1v) is 5.55. The van der Waals surface area contributed by atoms with Crippen LogP contribution in [0.4, 0.5) is 0 Å². The van der Waals surface area contributed by atoms with Crippen molar-refractivity contribution < 1.29 is 4.74 Å². The minimum absolute atomic E-state index is 0.0211. The average molecular weight is 194 g/mol. The third-order valence-electron chi connectivity index (χ3n) is 2.29. The second-order valence-electron chi connectivity index (χ2n) is 4.87. The van der Waals surface area contributed by atoms with Crippen LogP contribution in [0.25, 0.3) is 0 Å². The Bertz CT molecular complexity index is 208. The molecule has 1 nitrogen and oxygen atoms in total. The van der Waals surface area contributed by atoms with Gasteiger partial charge in [-0.1, -0.05) is 24.3 Å². The van der Waals surface area contributed by atoms with Crippen molar-refractivity contribution in [3.05, 3.63) is 24.3 Å². The Balaban J connectivity index is 2.20. The van der Waals surface area contributed by atoms with Gasteiger partial charge in [-0.3, -0.25) is 0 Å². The summed E-state index contributed by atoms with van der Waals surface area (Å²) >= 11 is 0. The molecule has 0 saturated carbocycles. The van der Waals surface area contributed by atoms with Gasteiger partial charge in [0.15, 0.2) is 0 Å². The summed E-state index contributed by atoms with van der Waals surface area (Å²) in [4.78, 5) is 0. The average Bonchev–Trinajstić information content (AvgIpc) is 2.13. The second kappa shape index (κ2) is 5.35. The minimum atomic E-state index is -0.0211. The van der Waals surface area contributed by atoms with E-state index in [2.05, 4.69) is 45.1 Å². The maximum absolute atomic E-state index is 5.61. The summed E-state index contributed by atoms with van der Waals surface area (Å²) in [5, 5.41) is 0. The first-order valence-electron chi connectivity index (χ1n) is 5.55. The van der Waals surface area contributed by atoms with E-state index in [-0.39, 0.29) is 5.60 Å². The van der Waals surface area contributed by atoms with Crippen LogP contribution < -0.4 is 0 Å². The predicted octanol–water partition coefficient (Wildman–Crippen LogP) is 3.71. The molecule has 1 aliphatic carbocycles. The fourth-order valence-electron chi connectivity index (χ4n) is 1.53. The molecule has 1 rings (SSSR count). The Morgan fingerprint density at radius 3 is 2.79 bits per heavy atom. The van der Waals surface area contributed by atoms with E-state index in [0.717, 1.165) is 6.61 Å². The van der Waals surface area contributed by atoms with E-state index in [4.69, 9.17) is 4.74 Å². The lowest BCUT2D eigenvalue weighted by atomic mass is 9.96. The lowest BCUT2D eigenvalue weighted by molar-refractivity contribution is 0.0148. The summed E-state index contributed by atoms with van der Waals surface area (Å²) in [6, 6.07) is 0. The molecule has 0 aromatic heterocycles. The Hall–Kier alpha value is -0.560. The third kappa shape index (κ3) is 5.23. The Morgan fingerprint density at radius 1 is 1.43 bits per heavy atom. The van der Waals surface area contributed by atoms with Crippen LogP contribution in [-0.2, 0) is 4.74 Å². The van der Waals surface area contributed by atoms with Crippen LogP contribution in [-0.4, -0.2) is 12.2 Å². The highest BCUT2D eigenvalue weighted by Crippen LogP contribution is 2.18. The van der Waals surface area contributed by atoms with Crippen LogP contribution >= 0.6 is 0 Å². The number of hydrogen-bond donors (Lipinski definition) is 0. The van der Waals surface area contributed by atoms with Gasteiger partial charge in [-0.15, -0.1) is 0 Å². The zero-order chi connectivity index (χ0) is 10.4. The fourth-order valence-corrected chi connectivity index (χ4v) is 1.53. The number of ether oxygens (including phenoxy) is 1. The van der Waals surface area contributed by atoms with Gasteiger partial charge in [-0.2, -0.15) is 0 Å². The summed E-state index contributed by atoms with van der Waals surface area (Å²) in [6.07, 6.45) is 12.9. The highest BCUT2D eigenvalue weighted by atomic mass is 16.5. The topological polar surface area (TPSA) is 9.23 Å². The van der Waals surface area contributed by atoms with E-state index in [1.165, 1.54) is 19.3 Å². The van der Waals surface area contributed by atoms with Gasteiger partial charge in [0, 0.05) is 0 Å². The van der Waals surface area contributed by atoms with Gasteiger partial charge < -0.3 is 4.74 Å². The highest BCUT2D eigenvalue weighted by Gasteiger charge is 2.08. The van der Waals surface area contributed by atoms with Gasteiger partial charge in [-0.05, 0) is 46.0 Å². The van der Waals surface area contributed by atoms with Crippen molar-refractivity contribution in [3.63, 3.8) is 0 Å². The molecule has 0 aliphatic heterocycles. The van der Waals surface area contributed by atoms with Crippen LogP contribution in [0.1, 0.15) is 40.0 Å². The quantitative estimate of drug-likeness (QED) is 0.622. The molecule has 0 amide bonds. The van der Waals surface area contributed by atoms with E-state index >= 15 is 0 Å². The zero-order valence-corrected chi connectivity index (χ0v) is 9.62. The van der Waals surface area contributed by atoms with Gasteiger partial charge in [-0.25, -0.2) is 0 Å². The zero-order valence-electron chi connectivity index (χ0n) is 9.62. The first-order chi connectivity index (χ1) is 6.58. The van der Waals surface area contributed by atoms with Crippen LogP contribution in [0.2, 0.25) is 0 Å².